The molecule has 6 rings (SSSR count). The van der Waals surface area contributed by atoms with Crippen LogP contribution in [0, 0.1) is 0 Å². The van der Waals surface area contributed by atoms with E-state index in [2.05, 4.69) is 63.8 Å². The summed E-state index contributed by atoms with van der Waals surface area (Å²) in [5, 5.41) is 19.0. The first-order valence-electron chi connectivity index (χ1n) is 11.1. The molecule has 2 aromatic heterocycles. The van der Waals surface area contributed by atoms with Crippen molar-refractivity contribution in [1.29, 1.82) is 0 Å². The van der Waals surface area contributed by atoms with E-state index in [0.29, 0.717) is 12.1 Å². The van der Waals surface area contributed by atoms with Crippen LogP contribution in [0.2, 0.25) is 0 Å². The zero-order chi connectivity index (χ0) is 22.5. The average Bonchev–Trinajstić information content (AvgIpc) is 3.47. The second-order valence-corrected chi connectivity index (χ2v) is 8.66. The van der Waals surface area contributed by atoms with Crippen molar-refractivity contribution in [3.05, 3.63) is 101 Å². The van der Waals surface area contributed by atoms with Crippen LogP contribution in [0.5, 0.6) is 5.75 Å². The quantitative estimate of drug-likeness (QED) is 0.328. The van der Waals surface area contributed by atoms with Crippen molar-refractivity contribution in [2.75, 3.05) is 0 Å². The molecule has 0 radical (unpaired) electrons. The fraction of sp³-hybridized carbons (Fsp3) is 0.148. The van der Waals surface area contributed by atoms with Crippen LogP contribution in [0.3, 0.4) is 0 Å². The monoisotopic (exact) mass is 436 g/mol. The van der Waals surface area contributed by atoms with E-state index in [1.165, 1.54) is 16.5 Å². The predicted octanol–water partition coefficient (Wildman–Crippen LogP) is 4.49. The molecule has 6 heteroatoms. The molecule has 0 fully saturated rings. The van der Waals surface area contributed by atoms with Crippen molar-refractivity contribution in [3.63, 3.8) is 0 Å². The van der Waals surface area contributed by atoms with E-state index in [1.807, 2.05) is 18.2 Å². The number of aromatic amines is 1. The minimum absolute atomic E-state index is 0.116. The van der Waals surface area contributed by atoms with Gasteiger partial charge >= 0.3 is 0 Å². The van der Waals surface area contributed by atoms with Crippen LogP contribution in [0.1, 0.15) is 38.8 Å². The number of hydrogen-bond acceptors (Lipinski definition) is 3. The van der Waals surface area contributed by atoms with Crippen LogP contribution in [0.4, 0.5) is 0 Å². The largest absolute Gasteiger partial charge is 0.508 e. The van der Waals surface area contributed by atoms with Gasteiger partial charge in [-0.3, -0.25) is 4.79 Å². The first-order chi connectivity index (χ1) is 16.1. The van der Waals surface area contributed by atoms with E-state index in [9.17, 15) is 9.90 Å². The molecule has 0 saturated heterocycles. The summed E-state index contributed by atoms with van der Waals surface area (Å²) >= 11 is 0. The number of aromatic hydroxyl groups is 1. The zero-order valence-electron chi connectivity index (χ0n) is 18.2. The SMILES string of the molecule is Cn1ccc2ccc(CNCc3[nH]c4ccccc4c3C3NC(=O)c4ccc(O)cc43)cc21. The van der Waals surface area contributed by atoms with Gasteiger partial charge in [-0.2, -0.15) is 0 Å². The number of aromatic nitrogens is 2. The molecule has 164 valence electrons. The second kappa shape index (κ2) is 7.53. The van der Waals surface area contributed by atoms with Crippen LogP contribution >= 0.6 is 0 Å². The van der Waals surface area contributed by atoms with Gasteiger partial charge in [-0.15, -0.1) is 0 Å². The lowest BCUT2D eigenvalue weighted by molar-refractivity contribution is 0.0960. The third-order valence-electron chi connectivity index (χ3n) is 6.57. The number of carbonyl (C=O) groups excluding carboxylic acids is 1. The number of amides is 1. The average molecular weight is 437 g/mol. The van der Waals surface area contributed by atoms with E-state index in [4.69, 9.17) is 0 Å². The Balaban J connectivity index is 1.33. The number of rotatable bonds is 5. The number of fused-ring (bicyclic) bond motifs is 3. The Labute approximate surface area is 190 Å². The van der Waals surface area contributed by atoms with Crippen molar-refractivity contribution in [3.8, 4) is 5.75 Å². The lowest BCUT2D eigenvalue weighted by Crippen LogP contribution is -2.22. The van der Waals surface area contributed by atoms with E-state index < -0.39 is 0 Å². The zero-order valence-corrected chi connectivity index (χ0v) is 18.2. The summed E-state index contributed by atoms with van der Waals surface area (Å²) in [5.74, 6) is 0.0425. The Kier molecular flexibility index (Phi) is 4.48. The second-order valence-electron chi connectivity index (χ2n) is 8.66. The van der Waals surface area contributed by atoms with E-state index in [1.54, 1.807) is 18.2 Å². The molecule has 0 aliphatic carbocycles. The number of phenols is 1. The highest BCUT2D eigenvalue weighted by molar-refractivity contribution is 6.01. The molecule has 1 aliphatic rings. The summed E-state index contributed by atoms with van der Waals surface area (Å²) < 4.78 is 2.13. The van der Waals surface area contributed by atoms with Crippen LogP contribution in [0.15, 0.2) is 72.9 Å². The number of hydrogen-bond donors (Lipinski definition) is 4. The topological polar surface area (TPSA) is 82.1 Å². The molecular formula is C27H24N4O2. The number of phenolic OH excluding ortho intramolecular Hbond substituents is 1. The lowest BCUT2D eigenvalue weighted by Gasteiger charge is -2.15. The van der Waals surface area contributed by atoms with Crippen molar-refractivity contribution < 1.29 is 9.90 Å². The van der Waals surface area contributed by atoms with Crippen molar-refractivity contribution in [1.82, 2.24) is 20.2 Å². The first kappa shape index (κ1) is 19.6. The highest BCUT2D eigenvalue weighted by atomic mass is 16.3. The molecule has 3 aromatic carbocycles. The van der Waals surface area contributed by atoms with Crippen LogP contribution in [0.25, 0.3) is 21.8 Å². The summed E-state index contributed by atoms with van der Waals surface area (Å²) in [4.78, 5) is 16.2. The molecular weight excluding hydrogens is 412 g/mol. The third kappa shape index (κ3) is 3.27. The van der Waals surface area contributed by atoms with Crippen molar-refractivity contribution in [2.24, 2.45) is 7.05 Å². The fourth-order valence-corrected chi connectivity index (χ4v) is 4.95. The van der Waals surface area contributed by atoms with Gasteiger partial charge in [0.05, 0.1) is 6.04 Å². The molecule has 3 heterocycles. The summed E-state index contributed by atoms with van der Waals surface area (Å²) in [7, 11) is 2.06. The normalized spacial score (nSPS) is 15.3. The number of aryl methyl sites for hydroxylation is 1. The minimum Gasteiger partial charge on any atom is -0.508 e. The predicted molar refractivity (Wildman–Crippen MR) is 129 cm³/mol. The highest BCUT2D eigenvalue weighted by Gasteiger charge is 2.33. The van der Waals surface area contributed by atoms with E-state index >= 15 is 0 Å². The number of benzene rings is 3. The summed E-state index contributed by atoms with van der Waals surface area (Å²) in [5.41, 5.74) is 6.93. The Bertz CT molecular complexity index is 1530. The Morgan fingerprint density at radius 1 is 1.03 bits per heavy atom. The van der Waals surface area contributed by atoms with Gasteiger partial charge in [-0.1, -0.05) is 30.3 Å². The summed E-state index contributed by atoms with van der Waals surface area (Å²) in [6.45, 7) is 1.35. The van der Waals surface area contributed by atoms with E-state index in [0.717, 1.165) is 34.3 Å². The molecule has 0 spiro atoms. The highest BCUT2D eigenvalue weighted by Crippen LogP contribution is 2.38. The van der Waals surface area contributed by atoms with Gasteiger partial charge in [0, 0.05) is 59.6 Å². The van der Waals surface area contributed by atoms with Gasteiger partial charge in [0.2, 0.25) is 0 Å². The fourth-order valence-electron chi connectivity index (χ4n) is 4.95. The molecule has 33 heavy (non-hydrogen) atoms. The maximum atomic E-state index is 12.6. The molecule has 5 aromatic rings. The number of H-pyrrole nitrogens is 1. The van der Waals surface area contributed by atoms with Crippen molar-refractivity contribution in [2.45, 2.75) is 19.1 Å². The van der Waals surface area contributed by atoms with Crippen LogP contribution < -0.4 is 10.6 Å². The molecule has 6 nitrogen and oxygen atoms in total. The number of nitrogens with zero attached hydrogens (tertiary/aromatic N) is 1. The van der Waals surface area contributed by atoms with Crippen LogP contribution in [-0.4, -0.2) is 20.6 Å². The van der Waals surface area contributed by atoms with Gasteiger partial charge in [0.25, 0.3) is 5.91 Å². The molecule has 1 aliphatic heterocycles. The summed E-state index contributed by atoms with van der Waals surface area (Å²) in [6, 6.07) is 21.4. The molecule has 1 atom stereocenters. The Morgan fingerprint density at radius 3 is 2.82 bits per heavy atom. The lowest BCUT2D eigenvalue weighted by atomic mass is 9.95. The molecule has 0 saturated carbocycles. The molecule has 0 bridgehead atoms. The summed E-state index contributed by atoms with van der Waals surface area (Å²) in [6.07, 6.45) is 2.07. The minimum atomic E-state index is -0.313. The standard InChI is InChI=1S/C27H24N4O2/c1-31-11-10-17-7-6-16(12-24(17)31)14-28-15-23-25(20-4-2-3-5-22(20)29-23)26-21-13-18(32)8-9-19(21)27(33)30-26/h2-13,26,28-29,32H,14-15H2,1H3,(H,30,33). The first-order valence-corrected chi connectivity index (χ1v) is 11.1. The Morgan fingerprint density at radius 2 is 1.91 bits per heavy atom. The number of nitrogens with one attached hydrogen (secondary N) is 3. The van der Waals surface area contributed by atoms with Crippen molar-refractivity contribution >= 4 is 27.7 Å². The Hall–Kier alpha value is -4.03. The molecule has 4 N–H and O–H groups in total. The van der Waals surface area contributed by atoms with Crippen LogP contribution in [-0.2, 0) is 20.1 Å². The van der Waals surface area contributed by atoms with Gasteiger partial charge in [0.1, 0.15) is 5.75 Å². The molecule has 1 unspecified atom stereocenters. The third-order valence-corrected chi connectivity index (χ3v) is 6.57. The van der Waals surface area contributed by atoms with Gasteiger partial charge in [-0.05, 0) is 52.9 Å². The van der Waals surface area contributed by atoms with E-state index in [-0.39, 0.29) is 17.7 Å². The molecule has 1 amide bonds. The smallest absolute Gasteiger partial charge is 0.252 e. The number of para-hydroxylation sites is 1. The van der Waals surface area contributed by atoms with Gasteiger partial charge < -0.3 is 25.3 Å². The maximum absolute atomic E-state index is 12.6. The number of carbonyl (C=O) groups is 1. The van der Waals surface area contributed by atoms with Gasteiger partial charge in [-0.25, -0.2) is 0 Å². The maximum Gasteiger partial charge on any atom is 0.252 e. The van der Waals surface area contributed by atoms with Gasteiger partial charge in [0.15, 0.2) is 0 Å².